The largest absolute Gasteiger partial charge is 0.389 e. The van der Waals surface area contributed by atoms with E-state index in [0.29, 0.717) is 4.99 Å². The summed E-state index contributed by atoms with van der Waals surface area (Å²) >= 11 is 4.87. The number of thiocarbonyl (C=S) groups is 1. The summed E-state index contributed by atoms with van der Waals surface area (Å²) in [5.74, 6) is 1.73. The minimum Gasteiger partial charge on any atom is -0.389 e. The minimum absolute atomic E-state index is 0.398. The van der Waals surface area contributed by atoms with E-state index in [4.69, 9.17) is 18.0 Å². The zero-order valence-electron chi connectivity index (χ0n) is 9.28. The Morgan fingerprint density at radius 1 is 1.44 bits per heavy atom. The van der Waals surface area contributed by atoms with E-state index in [9.17, 15) is 0 Å². The molecule has 0 unspecified atom stereocenters. The Morgan fingerprint density at radius 2 is 2.19 bits per heavy atom. The first-order chi connectivity index (χ1) is 7.75. The molecule has 1 heterocycles. The molecule has 0 bridgehead atoms. The first kappa shape index (κ1) is 11.3. The zero-order valence-corrected chi connectivity index (χ0v) is 10.1. The van der Waals surface area contributed by atoms with Crippen molar-refractivity contribution in [2.45, 2.75) is 25.7 Å². The van der Waals surface area contributed by atoms with Crippen LogP contribution in [0.2, 0.25) is 0 Å². The molecule has 1 aliphatic carbocycles. The van der Waals surface area contributed by atoms with Gasteiger partial charge in [-0.3, -0.25) is 0 Å². The maximum atomic E-state index is 5.51. The molecule has 86 valence electrons. The van der Waals surface area contributed by atoms with Crippen molar-refractivity contribution >= 4 is 23.0 Å². The van der Waals surface area contributed by atoms with Gasteiger partial charge in [-0.05, 0) is 30.9 Å². The molecule has 0 aliphatic heterocycles. The molecule has 0 saturated heterocycles. The molecule has 0 amide bonds. The van der Waals surface area contributed by atoms with Gasteiger partial charge in [-0.15, -0.1) is 0 Å². The summed E-state index contributed by atoms with van der Waals surface area (Å²) in [6.07, 6.45) is 7.16. The second-order valence-corrected chi connectivity index (χ2v) is 4.77. The van der Waals surface area contributed by atoms with Crippen LogP contribution in [0.5, 0.6) is 0 Å². The summed E-state index contributed by atoms with van der Waals surface area (Å²) in [6, 6.07) is 3.84. The molecule has 1 saturated carbocycles. The van der Waals surface area contributed by atoms with Crippen molar-refractivity contribution < 1.29 is 0 Å². The number of nitrogens with two attached hydrogens (primary N) is 1. The first-order valence-electron chi connectivity index (χ1n) is 5.75. The maximum absolute atomic E-state index is 5.51. The van der Waals surface area contributed by atoms with Gasteiger partial charge in [0.15, 0.2) is 0 Å². The van der Waals surface area contributed by atoms with Gasteiger partial charge < -0.3 is 11.1 Å². The minimum atomic E-state index is 0.398. The van der Waals surface area contributed by atoms with Crippen LogP contribution in [-0.4, -0.2) is 16.5 Å². The Labute approximate surface area is 101 Å². The molecule has 4 heteroatoms. The lowest BCUT2D eigenvalue weighted by molar-refractivity contribution is 0.579. The molecule has 0 radical (unpaired) electrons. The van der Waals surface area contributed by atoms with Crippen LogP contribution in [0, 0.1) is 5.92 Å². The Hall–Kier alpha value is -1.16. The molecule has 0 aromatic carbocycles. The van der Waals surface area contributed by atoms with Crippen molar-refractivity contribution in [3.05, 3.63) is 23.9 Å². The molecule has 2 rings (SSSR count). The molecule has 0 atom stereocenters. The summed E-state index contributed by atoms with van der Waals surface area (Å²) in [5, 5.41) is 3.36. The SMILES string of the molecule is NC(=S)c1ccc(NCC2CCCC2)nc1. The number of anilines is 1. The van der Waals surface area contributed by atoms with E-state index in [2.05, 4.69) is 10.3 Å². The molecule has 3 N–H and O–H groups in total. The lowest BCUT2D eigenvalue weighted by atomic mass is 10.1. The van der Waals surface area contributed by atoms with Crippen molar-refractivity contribution in [1.82, 2.24) is 4.98 Å². The quantitative estimate of drug-likeness (QED) is 0.786. The average Bonchev–Trinajstić information content (AvgIpc) is 2.80. The summed E-state index contributed by atoms with van der Waals surface area (Å²) < 4.78 is 0. The second kappa shape index (κ2) is 5.25. The van der Waals surface area contributed by atoms with Gasteiger partial charge in [0.2, 0.25) is 0 Å². The van der Waals surface area contributed by atoms with E-state index >= 15 is 0 Å². The van der Waals surface area contributed by atoms with E-state index in [1.54, 1.807) is 6.20 Å². The number of hydrogen-bond acceptors (Lipinski definition) is 3. The van der Waals surface area contributed by atoms with Crippen molar-refractivity contribution in [2.24, 2.45) is 11.7 Å². The fourth-order valence-corrected chi connectivity index (χ4v) is 2.23. The summed E-state index contributed by atoms with van der Waals surface area (Å²) in [6.45, 7) is 1.03. The van der Waals surface area contributed by atoms with Gasteiger partial charge in [0.05, 0.1) is 0 Å². The maximum Gasteiger partial charge on any atom is 0.125 e. The lowest BCUT2D eigenvalue weighted by Crippen LogP contribution is -2.13. The van der Waals surface area contributed by atoms with Gasteiger partial charge in [0, 0.05) is 18.3 Å². The van der Waals surface area contributed by atoms with Crippen LogP contribution in [-0.2, 0) is 0 Å². The van der Waals surface area contributed by atoms with E-state index < -0.39 is 0 Å². The fraction of sp³-hybridized carbons (Fsp3) is 0.500. The predicted molar refractivity (Wildman–Crippen MR) is 70.6 cm³/mol. The Kier molecular flexibility index (Phi) is 3.72. The summed E-state index contributed by atoms with van der Waals surface area (Å²) in [5.41, 5.74) is 6.33. The number of nitrogens with zero attached hydrogens (tertiary/aromatic N) is 1. The number of aromatic nitrogens is 1. The highest BCUT2D eigenvalue weighted by Gasteiger charge is 2.14. The normalized spacial score (nSPS) is 16.2. The first-order valence-corrected chi connectivity index (χ1v) is 6.16. The molecule has 1 aromatic rings. The average molecular weight is 235 g/mol. The predicted octanol–water partition coefficient (Wildman–Crippen LogP) is 2.32. The highest BCUT2D eigenvalue weighted by atomic mass is 32.1. The lowest BCUT2D eigenvalue weighted by Gasteiger charge is -2.11. The van der Waals surface area contributed by atoms with Crippen LogP contribution in [0.25, 0.3) is 0 Å². The van der Waals surface area contributed by atoms with Crippen molar-refractivity contribution in [1.29, 1.82) is 0 Å². The summed E-state index contributed by atoms with van der Waals surface area (Å²) in [7, 11) is 0. The monoisotopic (exact) mass is 235 g/mol. The van der Waals surface area contributed by atoms with Gasteiger partial charge in [0.25, 0.3) is 0 Å². The van der Waals surface area contributed by atoms with E-state index in [1.165, 1.54) is 25.7 Å². The second-order valence-electron chi connectivity index (χ2n) is 4.33. The molecule has 3 nitrogen and oxygen atoms in total. The standard InChI is InChI=1S/C12H17N3S/c13-12(16)10-5-6-11(15-8-10)14-7-9-3-1-2-4-9/h5-6,8-9H,1-4,7H2,(H2,13,16)(H,14,15). The van der Waals surface area contributed by atoms with E-state index in [-0.39, 0.29) is 0 Å². The third kappa shape index (κ3) is 2.92. The Bertz CT molecular complexity index is 355. The highest BCUT2D eigenvalue weighted by Crippen LogP contribution is 2.24. The van der Waals surface area contributed by atoms with Crippen LogP contribution < -0.4 is 11.1 Å². The molecule has 16 heavy (non-hydrogen) atoms. The molecular weight excluding hydrogens is 218 g/mol. The van der Waals surface area contributed by atoms with Gasteiger partial charge in [0.1, 0.15) is 10.8 Å². The smallest absolute Gasteiger partial charge is 0.125 e. The number of rotatable bonds is 4. The zero-order chi connectivity index (χ0) is 11.4. The van der Waals surface area contributed by atoms with Gasteiger partial charge in [-0.25, -0.2) is 4.98 Å². The highest BCUT2D eigenvalue weighted by molar-refractivity contribution is 7.80. The number of nitrogens with one attached hydrogen (secondary N) is 1. The summed E-state index contributed by atoms with van der Waals surface area (Å²) in [4.78, 5) is 4.68. The molecule has 0 spiro atoms. The Morgan fingerprint density at radius 3 is 2.75 bits per heavy atom. The van der Waals surface area contributed by atoms with Gasteiger partial charge in [-0.2, -0.15) is 0 Å². The van der Waals surface area contributed by atoms with Crippen LogP contribution in [0.1, 0.15) is 31.2 Å². The van der Waals surface area contributed by atoms with E-state index in [1.807, 2.05) is 12.1 Å². The molecular formula is C12H17N3S. The van der Waals surface area contributed by atoms with Crippen LogP contribution >= 0.6 is 12.2 Å². The van der Waals surface area contributed by atoms with Crippen molar-refractivity contribution in [3.63, 3.8) is 0 Å². The number of hydrogen-bond donors (Lipinski definition) is 2. The van der Waals surface area contributed by atoms with Crippen LogP contribution in [0.4, 0.5) is 5.82 Å². The van der Waals surface area contributed by atoms with E-state index in [0.717, 1.165) is 23.8 Å². The Balaban J connectivity index is 1.87. The molecule has 1 fully saturated rings. The molecule has 1 aromatic heterocycles. The van der Waals surface area contributed by atoms with Crippen LogP contribution in [0.3, 0.4) is 0 Å². The van der Waals surface area contributed by atoms with Crippen molar-refractivity contribution in [2.75, 3.05) is 11.9 Å². The van der Waals surface area contributed by atoms with Gasteiger partial charge in [-0.1, -0.05) is 25.1 Å². The third-order valence-electron chi connectivity index (χ3n) is 3.09. The molecule has 1 aliphatic rings. The fourth-order valence-electron chi connectivity index (χ4n) is 2.11. The van der Waals surface area contributed by atoms with Crippen LogP contribution in [0.15, 0.2) is 18.3 Å². The van der Waals surface area contributed by atoms with Crippen molar-refractivity contribution in [3.8, 4) is 0 Å². The third-order valence-corrected chi connectivity index (χ3v) is 3.33. The van der Waals surface area contributed by atoms with Gasteiger partial charge >= 0.3 is 0 Å². The number of pyridine rings is 1. The topological polar surface area (TPSA) is 50.9 Å².